The van der Waals surface area contributed by atoms with E-state index in [1.165, 1.54) is 5.56 Å². The quantitative estimate of drug-likeness (QED) is 0.708. The van der Waals surface area contributed by atoms with Crippen LogP contribution in [0, 0.1) is 5.92 Å². The molecule has 0 bridgehead atoms. The third-order valence-electron chi connectivity index (χ3n) is 1.36. The molecular formula is C8H11BrN2. The fourth-order valence-electron chi connectivity index (χ4n) is 0.920. The van der Waals surface area contributed by atoms with Crippen LogP contribution in [0.4, 0.5) is 0 Å². The first-order valence-corrected chi connectivity index (χ1v) is 4.44. The Morgan fingerprint density at radius 1 is 1.55 bits per heavy atom. The van der Waals surface area contributed by atoms with E-state index in [2.05, 4.69) is 39.7 Å². The third-order valence-corrected chi connectivity index (χ3v) is 2.08. The molecule has 1 rings (SSSR count). The molecule has 0 spiro atoms. The lowest BCUT2D eigenvalue weighted by Crippen LogP contribution is -1.97. The minimum Gasteiger partial charge on any atom is -0.244 e. The molecule has 0 aliphatic heterocycles. The van der Waals surface area contributed by atoms with Crippen molar-refractivity contribution in [2.75, 3.05) is 0 Å². The monoisotopic (exact) mass is 214 g/mol. The van der Waals surface area contributed by atoms with Crippen LogP contribution in [-0.4, -0.2) is 9.97 Å². The molecular weight excluding hydrogens is 204 g/mol. The largest absolute Gasteiger partial charge is 0.244 e. The van der Waals surface area contributed by atoms with Gasteiger partial charge in [0.15, 0.2) is 0 Å². The Balaban J connectivity index is 2.78. The lowest BCUT2D eigenvalue weighted by atomic mass is 10.1. The number of nitrogens with zero attached hydrogens (tertiary/aromatic N) is 2. The zero-order valence-electron chi connectivity index (χ0n) is 6.71. The topological polar surface area (TPSA) is 25.8 Å². The minimum absolute atomic E-state index is 0.650. The second-order valence-corrected chi connectivity index (χ2v) is 3.69. The molecule has 1 aromatic heterocycles. The van der Waals surface area contributed by atoms with Gasteiger partial charge >= 0.3 is 0 Å². The van der Waals surface area contributed by atoms with E-state index >= 15 is 0 Å². The number of aromatic nitrogens is 2. The van der Waals surface area contributed by atoms with Gasteiger partial charge in [0.05, 0.1) is 0 Å². The Morgan fingerprint density at radius 3 is 2.82 bits per heavy atom. The Morgan fingerprint density at radius 2 is 2.27 bits per heavy atom. The van der Waals surface area contributed by atoms with Crippen LogP contribution in [-0.2, 0) is 6.42 Å². The zero-order valence-corrected chi connectivity index (χ0v) is 8.30. The Kier molecular flexibility index (Phi) is 3.00. The SMILES string of the molecule is CC(C)Cc1cncnc1Br. The Bertz CT molecular complexity index is 235. The molecule has 0 aliphatic rings. The van der Waals surface area contributed by atoms with Crippen molar-refractivity contribution in [3.63, 3.8) is 0 Å². The van der Waals surface area contributed by atoms with Crippen LogP contribution in [0.2, 0.25) is 0 Å². The second-order valence-electron chi connectivity index (χ2n) is 2.94. The molecule has 0 atom stereocenters. The lowest BCUT2D eigenvalue weighted by molar-refractivity contribution is 0.641. The fourth-order valence-corrected chi connectivity index (χ4v) is 1.28. The first-order valence-electron chi connectivity index (χ1n) is 3.64. The summed E-state index contributed by atoms with van der Waals surface area (Å²) in [7, 11) is 0. The summed E-state index contributed by atoms with van der Waals surface area (Å²) in [4.78, 5) is 8.00. The highest BCUT2D eigenvalue weighted by Crippen LogP contribution is 2.15. The van der Waals surface area contributed by atoms with Gasteiger partial charge in [0.1, 0.15) is 10.9 Å². The van der Waals surface area contributed by atoms with Gasteiger partial charge in [0.25, 0.3) is 0 Å². The predicted octanol–water partition coefficient (Wildman–Crippen LogP) is 2.44. The highest BCUT2D eigenvalue weighted by Gasteiger charge is 2.02. The lowest BCUT2D eigenvalue weighted by Gasteiger charge is -2.04. The Hall–Kier alpha value is -0.440. The molecule has 2 nitrogen and oxygen atoms in total. The van der Waals surface area contributed by atoms with E-state index in [1.54, 1.807) is 6.33 Å². The van der Waals surface area contributed by atoms with Crippen LogP contribution < -0.4 is 0 Å². The summed E-state index contributed by atoms with van der Waals surface area (Å²) >= 11 is 3.37. The molecule has 1 heterocycles. The molecule has 0 amide bonds. The standard InChI is InChI=1S/C8H11BrN2/c1-6(2)3-7-4-10-5-11-8(7)9/h4-6H,3H2,1-2H3. The van der Waals surface area contributed by atoms with Gasteiger partial charge in [-0.1, -0.05) is 13.8 Å². The second kappa shape index (κ2) is 3.81. The summed E-state index contributed by atoms with van der Waals surface area (Å²) in [5.41, 5.74) is 1.18. The van der Waals surface area contributed by atoms with Gasteiger partial charge in [-0.2, -0.15) is 0 Å². The molecule has 0 aliphatic carbocycles. The van der Waals surface area contributed by atoms with Crippen molar-refractivity contribution in [2.24, 2.45) is 5.92 Å². The van der Waals surface area contributed by atoms with Crippen molar-refractivity contribution in [1.82, 2.24) is 9.97 Å². The maximum absolute atomic E-state index is 4.04. The van der Waals surface area contributed by atoms with E-state index in [9.17, 15) is 0 Å². The van der Waals surface area contributed by atoms with Gasteiger partial charge in [-0.25, -0.2) is 9.97 Å². The maximum Gasteiger partial charge on any atom is 0.116 e. The van der Waals surface area contributed by atoms with Gasteiger partial charge < -0.3 is 0 Å². The first kappa shape index (κ1) is 8.65. The smallest absolute Gasteiger partial charge is 0.116 e. The molecule has 1 aromatic rings. The molecule has 0 aromatic carbocycles. The Labute approximate surface area is 75.2 Å². The van der Waals surface area contributed by atoms with E-state index in [-0.39, 0.29) is 0 Å². The van der Waals surface area contributed by atoms with Crippen LogP contribution in [0.3, 0.4) is 0 Å². The summed E-state index contributed by atoms with van der Waals surface area (Å²) in [5, 5.41) is 0. The minimum atomic E-state index is 0.650. The summed E-state index contributed by atoms with van der Waals surface area (Å²) in [5.74, 6) is 0.650. The van der Waals surface area contributed by atoms with E-state index in [4.69, 9.17) is 0 Å². The summed E-state index contributed by atoms with van der Waals surface area (Å²) in [6, 6.07) is 0. The third kappa shape index (κ3) is 2.58. The van der Waals surface area contributed by atoms with E-state index in [1.807, 2.05) is 6.20 Å². The maximum atomic E-state index is 4.04. The predicted molar refractivity (Wildman–Crippen MR) is 48.3 cm³/mol. The normalized spacial score (nSPS) is 10.5. The zero-order chi connectivity index (χ0) is 8.27. The van der Waals surface area contributed by atoms with Gasteiger partial charge in [0.2, 0.25) is 0 Å². The van der Waals surface area contributed by atoms with Crippen LogP contribution in [0.25, 0.3) is 0 Å². The summed E-state index contributed by atoms with van der Waals surface area (Å²) in [6.07, 6.45) is 4.44. The van der Waals surface area contributed by atoms with Gasteiger partial charge in [0, 0.05) is 11.8 Å². The van der Waals surface area contributed by atoms with Gasteiger partial charge in [-0.05, 0) is 28.3 Å². The molecule has 11 heavy (non-hydrogen) atoms. The van der Waals surface area contributed by atoms with Crippen LogP contribution in [0.5, 0.6) is 0 Å². The van der Waals surface area contributed by atoms with Gasteiger partial charge in [-0.15, -0.1) is 0 Å². The van der Waals surface area contributed by atoms with Crippen molar-refractivity contribution in [1.29, 1.82) is 0 Å². The fraction of sp³-hybridized carbons (Fsp3) is 0.500. The van der Waals surface area contributed by atoms with E-state index in [0.717, 1.165) is 11.0 Å². The van der Waals surface area contributed by atoms with Crippen molar-refractivity contribution in [3.05, 3.63) is 22.7 Å². The van der Waals surface area contributed by atoms with Crippen molar-refractivity contribution < 1.29 is 0 Å². The average Bonchev–Trinajstić information content (AvgIpc) is 1.93. The highest BCUT2D eigenvalue weighted by atomic mass is 79.9. The van der Waals surface area contributed by atoms with E-state index < -0.39 is 0 Å². The highest BCUT2D eigenvalue weighted by molar-refractivity contribution is 9.10. The molecule has 0 unspecified atom stereocenters. The van der Waals surface area contributed by atoms with E-state index in [0.29, 0.717) is 5.92 Å². The number of hydrogen-bond acceptors (Lipinski definition) is 2. The first-order chi connectivity index (χ1) is 5.20. The molecule has 0 saturated carbocycles. The summed E-state index contributed by atoms with van der Waals surface area (Å²) in [6.45, 7) is 4.36. The van der Waals surface area contributed by atoms with Crippen molar-refractivity contribution in [2.45, 2.75) is 20.3 Å². The molecule has 0 N–H and O–H groups in total. The number of halogens is 1. The van der Waals surface area contributed by atoms with Crippen molar-refractivity contribution in [3.8, 4) is 0 Å². The van der Waals surface area contributed by atoms with Crippen molar-refractivity contribution >= 4 is 15.9 Å². The van der Waals surface area contributed by atoms with Crippen LogP contribution >= 0.6 is 15.9 Å². The molecule has 0 radical (unpaired) electrons. The molecule has 3 heteroatoms. The van der Waals surface area contributed by atoms with Crippen LogP contribution in [0.1, 0.15) is 19.4 Å². The molecule has 0 fully saturated rings. The molecule has 0 saturated heterocycles. The van der Waals surface area contributed by atoms with Gasteiger partial charge in [-0.3, -0.25) is 0 Å². The number of rotatable bonds is 2. The molecule has 60 valence electrons. The average molecular weight is 215 g/mol. The number of hydrogen-bond donors (Lipinski definition) is 0. The van der Waals surface area contributed by atoms with Crippen LogP contribution in [0.15, 0.2) is 17.1 Å². The summed E-state index contributed by atoms with van der Waals surface area (Å²) < 4.78 is 0.918.